The summed E-state index contributed by atoms with van der Waals surface area (Å²) in [5.41, 5.74) is 0. The third kappa shape index (κ3) is 3.07. The van der Waals surface area contributed by atoms with E-state index in [0.29, 0.717) is 0 Å². The molecule has 0 saturated carbocycles. The van der Waals surface area contributed by atoms with Gasteiger partial charge in [-0.05, 0) is 6.07 Å². The van der Waals surface area contributed by atoms with Gasteiger partial charge in [-0.25, -0.2) is 8.42 Å². The Labute approximate surface area is 100 Å². The third-order valence-electron chi connectivity index (χ3n) is 2.46. The molecule has 1 atom stereocenters. The number of aromatic amines is 1. The maximum atomic E-state index is 12.1. The van der Waals surface area contributed by atoms with Crippen molar-refractivity contribution in [2.45, 2.75) is 18.7 Å². The largest absolute Gasteiger partial charge is 0.481 e. The lowest BCUT2D eigenvalue weighted by atomic mass is 10.2. The van der Waals surface area contributed by atoms with E-state index in [4.69, 9.17) is 5.11 Å². The van der Waals surface area contributed by atoms with Crippen LogP contribution in [0.3, 0.4) is 0 Å². The average Bonchev–Trinajstić information content (AvgIpc) is 2.78. The molecule has 0 amide bonds. The van der Waals surface area contributed by atoms with Gasteiger partial charge in [0.1, 0.15) is 0 Å². The van der Waals surface area contributed by atoms with Crippen LogP contribution in [-0.4, -0.2) is 41.9 Å². The summed E-state index contributed by atoms with van der Waals surface area (Å²) in [5.74, 6) is -1.74. The topological polar surface area (TPSA) is 90.5 Å². The summed E-state index contributed by atoms with van der Waals surface area (Å²) >= 11 is 0. The fraction of sp³-hybridized carbons (Fsp3) is 0.500. The number of carboxylic acid groups (broad SMARTS) is 1. The number of rotatable bonds is 6. The maximum Gasteiger partial charge on any atom is 0.307 e. The average molecular weight is 260 g/mol. The highest BCUT2D eigenvalue weighted by atomic mass is 32.2. The molecule has 1 heterocycles. The van der Waals surface area contributed by atoms with Crippen molar-refractivity contribution in [2.75, 3.05) is 13.1 Å². The van der Waals surface area contributed by atoms with Crippen molar-refractivity contribution in [1.29, 1.82) is 0 Å². The summed E-state index contributed by atoms with van der Waals surface area (Å²) < 4.78 is 25.4. The fourth-order valence-corrected chi connectivity index (χ4v) is 2.91. The van der Waals surface area contributed by atoms with Gasteiger partial charge in [-0.15, -0.1) is 0 Å². The van der Waals surface area contributed by atoms with E-state index in [9.17, 15) is 13.2 Å². The van der Waals surface area contributed by atoms with Gasteiger partial charge in [-0.3, -0.25) is 4.79 Å². The Kier molecular flexibility index (Phi) is 4.30. The predicted octanol–water partition coefficient (Wildman–Crippen LogP) is 0.746. The van der Waals surface area contributed by atoms with Crippen molar-refractivity contribution in [2.24, 2.45) is 5.92 Å². The first-order valence-electron chi connectivity index (χ1n) is 5.25. The number of nitrogens with zero attached hydrogens (tertiary/aromatic N) is 1. The zero-order chi connectivity index (χ0) is 13.1. The summed E-state index contributed by atoms with van der Waals surface area (Å²) in [6, 6.07) is 1.45. The second-order valence-corrected chi connectivity index (χ2v) is 5.68. The number of sulfonamides is 1. The Morgan fingerprint density at radius 2 is 2.24 bits per heavy atom. The van der Waals surface area contributed by atoms with E-state index in [0.717, 1.165) is 4.31 Å². The zero-order valence-electron chi connectivity index (χ0n) is 9.75. The molecule has 0 aliphatic heterocycles. The molecule has 2 N–H and O–H groups in total. The van der Waals surface area contributed by atoms with Crippen molar-refractivity contribution in [1.82, 2.24) is 9.29 Å². The summed E-state index contributed by atoms with van der Waals surface area (Å²) in [6.45, 7) is 3.38. The molecule has 0 radical (unpaired) electrons. The smallest absolute Gasteiger partial charge is 0.307 e. The number of hydrogen-bond donors (Lipinski definition) is 2. The molecule has 17 heavy (non-hydrogen) atoms. The van der Waals surface area contributed by atoms with E-state index >= 15 is 0 Å². The minimum Gasteiger partial charge on any atom is -0.481 e. The first kappa shape index (κ1) is 13.7. The maximum absolute atomic E-state index is 12.1. The Bertz CT molecular complexity index is 467. The highest BCUT2D eigenvalue weighted by Crippen LogP contribution is 2.16. The van der Waals surface area contributed by atoms with Gasteiger partial charge >= 0.3 is 5.97 Å². The van der Waals surface area contributed by atoms with Crippen LogP contribution in [0.5, 0.6) is 0 Å². The van der Waals surface area contributed by atoms with Gasteiger partial charge in [0.2, 0.25) is 10.0 Å². The molecule has 0 fully saturated rings. The van der Waals surface area contributed by atoms with Gasteiger partial charge < -0.3 is 10.1 Å². The Hall–Kier alpha value is -1.34. The number of carbonyl (C=O) groups is 1. The fourth-order valence-electron chi connectivity index (χ4n) is 1.40. The molecule has 0 bridgehead atoms. The van der Waals surface area contributed by atoms with Crippen molar-refractivity contribution < 1.29 is 18.3 Å². The van der Waals surface area contributed by atoms with Crippen molar-refractivity contribution in [3.05, 3.63) is 18.5 Å². The van der Waals surface area contributed by atoms with Crippen LogP contribution in [0.4, 0.5) is 0 Å². The number of aliphatic carboxylic acids is 1. The molecule has 1 aromatic heterocycles. The molecule has 0 aromatic carbocycles. The molecular formula is C10H16N2O4S. The van der Waals surface area contributed by atoms with Crippen LogP contribution in [0.2, 0.25) is 0 Å². The predicted molar refractivity (Wildman–Crippen MR) is 62.0 cm³/mol. The van der Waals surface area contributed by atoms with E-state index in [1.165, 1.54) is 25.4 Å². The van der Waals surface area contributed by atoms with Gasteiger partial charge in [0.15, 0.2) is 0 Å². The Morgan fingerprint density at radius 3 is 2.65 bits per heavy atom. The van der Waals surface area contributed by atoms with Gasteiger partial charge in [0.05, 0.1) is 10.8 Å². The molecule has 1 aromatic rings. The molecule has 96 valence electrons. The van der Waals surface area contributed by atoms with E-state index in [1.807, 2.05) is 0 Å². The molecule has 1 rings (SSSR count). The lowest BCUT2D eigenvalue weighted by Crippen LogP contribution is -2.36. The first-order chi connectivity index (χ1) is 7.89. The molecule has 0 aliphatic rings. The highest BCUT2D eigenvalue weighted by molar-refractivity contribution is 7.89. The second-order valence-electron chi connectivity index (χ2n) is 3.74. The highest BCUT2D eigenvalue weighted by Gasteiger charge is 2.26. The summed E-state index contributed by atoms with van der Waals surface area (Å²) in [7, 11) is -3.60. The van der Waals surface area contributed by atoms with Crippen molar-refractivity contribution >= 4 is 16.0 Å². The van der Waals surface area contributed by atoms with Crippen LogP contribution in [0.1, 0.15) is 13.8 Å². The lowest BCUT2D eigenvalue weighted by Gasteiger charge is -2.21. The minimum absolute atomic E-state index is 0.0284. The van der Waals surface area contributed by atoms with Crippen molar-refractivity contribution in [3.63, 3.8) is 0 Å². The number of nitrogens with one attached hydrogen (secondary N) is 1. The normalized spacial score (nSPS) is 13.8. The third-order valence-corrected chi connectivity index (χ3v) is 4.40. The quantitative estimate of drug-likeness (QED) is 0.789. The standard InChI is InChI=1S/C10H16N2O4S/c1-3-12(7-8(2)10(13)14)17(15,16)9-4-5-11-6-9/h4-6,8,11H,3,7H2,1-2H3,(H,13,14). The summed E-state index contributed by atoms with van der Waals surface area (Å²) in [4.78, 5) is 13.6. The van der Waals surface area contributed by atoms with Gasteiger partial charge in [-0.1, -0.05) is 13.8 Å². The lowest BCUT2D eigenvalue weighted by molar-refractivity contribution is -0.141. The molecule has 0 spiro atoms. The number of aromatic nitrogens is 1. The van der Waals surface area contributed by atoms with Gasteiger partial charge in [-0.2, -0.15) is 4.31 Å². The molecule has 0 aliphatic carbocycles. The van der Waals surface area contributed by atoms with Crippen LogP contribution >= 0.6 is 0 Å². The number of carboxylic acids is 1. The van der Waals surface area contributed by atoms with Crippen molar-refractivity contribution in [3.8, 4) is 0 Å². The second kappa shape index (κ2) is 5.33. The summed E-state index contributed by atoms with van der Waals surface area (Å²) in [6.07, 6.45) is 2.89. The van der Waals surface area contributed by atoms with Crippen LogP contribution in [-0.2, 0) is 14.8 Å². The molecule has 0 saturated heterocycles. The van der Waals surface area contributed by atoms with Gasteiger partial charge in [0.25, 0.3) is 0 Å². The van der Waals surface area contributed by atoms with Gasteiger partial charge in [0, 0.05) is 25.5 Å². The van der Waals surface area contributed by atoms with Crippen LogP contribution in [0.25, 0.3) is 0 Å². The van der Waals surface area contributed by atoms with E-state index in [-0.39, 0.29) is 18.0 Å². The Balaban J connectivity index is 2.92. The monoisotopic (exact) mass is 260 g/mol. The van der Waals surface area contributed by atoms with E-state index in [2.05, 4.69) is 4.98 Å². The number of hydrogen-bond acceptors (Lipinski definition) is 3. The minimum atomic E-state index is -3.60. The Morgan fingerprint density at radius 1 is 1.59 bits per heavy atom. The molecular weight excluding hydrogens is 244 g/mol. The van der Waals surface area contributed by atoms with Crippen LogP contribution < -0.4 is 0 Å². The molecule has 1 unspecified atom stereocenters. The number of H-pyrrole nitrogens is 1. The van der Waals surface area contributed by atoms with Crippen LogP contribution in [0, 0.1) is 5.92 Å². The summed E-state index contributed by atoms with van der Waals surface area (Å²) in [5, 5.41) is 8.80. The zero-order valence-corrected chi connectivity index (χ0v) is 10.6. The SMILES string of the molecule is CCN(CC(C)C(=O)O)S(=O)(=O)c1cc[nH]c1. The molecule has 7 heteroatoms. The van der Waals surface area contributed by atoms with E-state index < -0.39 is 21.9 Å². The first-order valence-corrected chi connectivity index (χ1v) is 6.69. The molecule has 6 nitrogen and oxygen atoms in total. The van der Waals surface area contributed by atoms with Crippen LogP contribution in [0.15, 0.2) is 23.4 Å². The van der Waals surface area contributed by atoms with E-state index in [1.54, 1.807) is 6.92 Å².